The van der Waals surface area contributed by atoms with E-state index >= 15 is 4.39 Å². The van der Waals surface area contributed by atoms with Crippen LogP contribution in [0.2, 0.25) is 0 Å². The Bertz CT molecular complexity index is 1270. The molecule has 0 aromatic heterocycles. The zero-order valence-electron chi connectivity index (χ0n) is 20.2. The number of aryl methyl sites for hydroxylation is 1. The van der Waals surface area contributed by atoms with Gasteiger partial charge in [0.25, 0.3) is 0 Å². The summed E-state index contributed by atoms with van der Waals surface area (Å²) in [7, 11) is 0. The number of halogens is 3. The molecule has 0 spiro atoms. The van der Waals surface area contributed by atoms with E-state index in [0.717, 1.165) is 30.4 Å². The fraction of sp³-hybridized carbons (Fsp3) is 0.226. The van der Waals surface area contributed by atoms with Crippen molar-refractivity contribution >= 4 is 0 Å². The van der Waals surface area contributed by atoms with Gasteiger partial charge in [0.2, 0.25) is 0 Å². The number of ether oxygens (including phenoxy) is 1. The van der Waals surface area contributed by atoms with Crippen LogP contribution in [0.15, 0.2) is 78.9 Å². The second kappa shape index (κ2) is 10.8. The molecule has 0 aliphatic carbocycles. The second-order valence-electron chi connectivity index (χ2n) is 9.01. The Kier molecular flexibility index (Phi) is 7.60. The average Bonchev–Trinajstić information content (AvgIpc) is 2.85. The summed E-state index contributed by atoms with van der Waals surface area (Å²) >= 11 is 0. The van der Waals surface area contributed by atoms with E-state index in [9.17, 15) is 8.78 Å². The topological polar surface area (TPSA) is 9.23 Å². The van der Waals surface area contributed by atoms with Crippen LogP contribution in [0.3, 0.4) is 0 Å². The van der Waals surface area contributed by atoms with Gasteiger partial charge in [0.05, 0.1) is 6.10 Å². The first-order valence-corrected chi connectivity index (χ1v) is 12.0. The molecule has 0 fully saturated rings. The van der Waals surface area contributed by atoms with Gasteiger partial charge in [-0.1, -0.05) is 74.0 Å². The Morgan fingerprint density at radius 1 is 0.629 bits per heavy atom. The largest absolute Gasteiger partial charge is 0.485 e. The fourth-order valence-electron chi connectivity index (χ4n) is 4.09. The monoisotopic (exact) mass is 474 g/mol. The minimum absolute atomic E-state index is 0.322. The van der Waals surface area contributed by atoms with E-state index < -0.39 is 11.6 Å². The normalized spacial score (nSPS) is 11.2. The molecule has 0 saturated heterocycles. The molecule has 4 aromatic rings. The Morgan fingerprint density at radius 3 is 1.71 bits per heavy atom. The molecular weight excluding hydrogens is 445 g/mol. The van der Waals surface area contributed by atoms with Gasteiger partial charge in [0.15, 0.2) is 17.4 Å². The third-order valence-electron chi connectivity index (χ3n) is 5.96. The van der Waals surface area contributed by atoms with Crippen LogP contribution in [-0.2, 0) is 6.42 Å². The Labute approximate surface area is 205 Å². The molecule has 0 atom stereocenters. The van der Waals surface area contributed by atoms with Crippen LogP contribution in [0.5, 0.6) is 5.75 Å². The molecule has 0 radical (unpaired) electrons. The zero-order chi connectivity index (χ0) is 24.9. The third-order valence-corrected chi connectivity index (χ3v) is 5.96. The third kappa shape index (κ3) is 5.76. The number of rotatable bonds is 8. The van der Waals surface area contributed by atoms with Crippen molar-refractivity contribution in [1.29, 1.82) is 0 Å². The van der Waals surface area contributed by atoms with E-state index in [1.165, 1.54) is 17.7 Å². The summed E-state index contributed by atoms with van der Waals surface area (Å²) in [5.74, 6) is -2.20. The van der Waals surface area contributed by atoms with Crippen LogP contribution in [0.4, 0.5) is 13.2 Å². The van der Waals surface area contributed by atoms with Crippen molar-refractivity contribution in [2.24, 2.45) is 0 Å². The van der Waals surface area contributed by atoms with Crippen LogP contribution in [0.25, 0.3) is 33.4 Å². The molecular formula is C31H29F3O. The smallest absolute Gasteiger partial charge is 0.191 e. The lowest BCUT2D eigenvalue weighted by Crippen LogP contribution is -2.08. The summed E-state index contributed by atoms with van der Waals surface area (Å²) in [6.45, 7) is 5.59. The highest BCUT2D eigenvalue weighted by Crippen LogP contribution is 2.33. The number of hydrogen-bond acceptors (Lipinski definition) is 1. The quantitative estimate of drug-likeness (QED) is 0.247. The van der Waals surface area contributed by atoms with Gasteiger partial charge in [-0.25, -0.2) is 13.2 Å². The molecule has 0 heterocycles. The van der Waals surface area contributed by atoms with Crippen LogP contribution >= 0.6 is 0 Å². The summed E-state index contributed by atoms with van der Waals surface area (Å²) in [5, 5.41) is 0. The second-order valence-corrected chi connectivity index (χ2v) is 9.01. The van der Waals surface area contributed by atoms with E-state index in [1.807, 2.05) is 18.2 Å². The first-order chi connectivity index (χ1) is 16.9. The van der Waals surface area contributed by atoms with Gasteiger partial charge in [-0.2, -0.15) is 0 Å². The standard InChI is InChI=1S/C31H29F3O/c1-4-5-6-21-7-9-22(10-8-21)25-15-16-27(28(32)17-25)24-13-11-23(12-14-24)26-18-29(33)31(30(34)19-26)35-20(2)3/h7-20H,4-6H2,1-3H3. The maximum absolute atomic E-state index is 15.0. The van der Waals surface area contributed by atoms with E-state index in [1.54, 1.807) is 50.2 Å². The van der Waals surface area contributed by atoms with E-state index in [4.69, 9.17) is 4.74 Å². The number of unbranched alkanes of at least 4 members (excludes halogenated alkanes) is 1. The Morgan fingerprint density at radius 2 is 1.14 bits per heavy atom. The van der Waals surface area contributed by atoms with Crippen LogP contribution < -0.4 is 4.74 Å². The minimum atomic E-state index is -0.752. The average molecular weight is 475 g/mol. The van der Waals surface area contributed by atoms with Crippen molar-refractivity contribution in [2.45, 2.75) is 46.1 Å². The lowest BCUT2D eigenvalue weighted by atomic mass is 9.96. The molecule has 0 amide bonds. The Balaban J connectivity index is 1.55. The SMILES string of the molecule is CCCCc1ccc(-c2ccc(-c3ccc(-c4cc(F)c(OC(C)C)c(F)c4)cc3)c(F)c2)cc1. The molecule has 0 N–H and O–H groups in total. The maximum atomic E-state index is 15.0. The van der Waals surface area contributed by atoms with Gasteiger partial charge in [0, 0.05) is 5.56 Å². The summed E-state index contributed by atoms with van der Waals surface area (Å²) in [6, 6.07) is 22.9. The lowest BCUT2D eigenvalue weighted by molar-refractivity contribution is 0.219. The van der Waals surface area contributed by atoms with Crippen LogP contribution in [0.1, 0.15) is 39.2 Å². The van der Waals surface area contributed by atoms with Crippen molar-refractivity contribution < 1.29 is 17.9 Å². The molecule has 0 aliphatic heterocycles. The summed E-state index contributed by atoms with van der Waals surface area (Å²) in [6.07, 6.45) is 3.02. The van der Waals surface area contributed by atoms with Gasteiger partial charge in [-0.05, 0) is 78.3 Å². The van der Waals surface area contributed by atoms with Crippen molar-refractivity contribution in [1.82, 2.24) is 0 Å². The van der Waals surface area contributed by atoms with E-state index in [0.29, 0.717) is 22.3 Å². The van der Waals surface area contributed by atoms with Crippen LogP contribution in [0, 0.1) is 17.5 Å². The van der Waals surface area contributed by atoms with Gasteiger partial charge in [-0.15, -0.1) is 0 Å². The lowest BCUT2D eigenvalue weighted by Gasteiger charge is -2.13. The maximum Gasteiger partial charge on any atom is 0.191 e. The molecule has 4 aromatic carbocycles. The molecule has 0 aliphatic rings. The van der Waals surface area contributed by atoms with Crippen molar-refractivity contribution in [3.05, 3.63) is 102 Å². The van der Waals surface area contributed by atoms with Crippen LogP contribution in [-0.4, -0.2) is 6.10 Å². The van der Waals surface area contributed by atoms with Gasteiger partial charge >= 0.3 is 0 Å². The highest BCUT2D eigenvalue weighted by atomic mass is 19.1. The molecule has 4 heteroatoms. The number of hydrogen-bond donors (Lipinski definition) is 0. The first kappa shape index (κ1) is 24.6. The first-order valence-electron chi connectivity index (χ1n) is 12.0. The van der Waals surface area contributed by atoms with Crippen molar-refractivity contribution in [3.8, 4) is 39.1 Å². The molecule has 180 valence electrons. The summed E-state index contributed by atoms with van der Waals surface area (Å²) in [5.41, 5.74) is 5.25. The highest BCUT2D eigenvalue weighted by Gasteiger charge is 2.15. The van der Waals surface area contributed by atoms with Gasteiger partial charge in [-0.3, -0.25) is 0 Å². The van der Waals surface area contributed by atoms with E-state index in [2.05, 4.69) is 19.1 Å². The number of benzene rings is 4. The highest BCUT2D eigenvalue weighted by molar-refractivity contribution is 5.74. The van der Waals surface area contributed by atoms with Crippen molar-refractivity contribution in [2.75, 3.05) is 0 Å². The predicted molar refractivity (Wildman–Crippen MR) is 137 cm³/mol. The molecule has 35 heavy (non-hydrogen) atoms. The zero-order valence-corrected chi connectivity index (χ0v) is 20.2. The predicted octanol–water partition coefficient (Wildman–Crippen LogP) is 9.23. The van der Waals surface area contributed by atoms with Gasteiger partial charge in [0.1, 0.15) is 5.82 Å². The van der Waals surface area contributed by atoms with Gasteiger partial charge < -0.3 is 4.74 Å². The molecule has 0 saturated carbocycles. The molecule has 0 bridgehead atoms. The minimum Gasteiger partial charge on any atom is -0.485 e. The van der Waals surface area contributed by atoms with E-state index in [-0.39, 0.29) is 17.7 Å². The molecule has 0 unspecified atom stereocenters. The summed E-state index contributed by atoms with van der Waals surface area (Å²) < 4.78 is 49.0. The summed E-state index contributed by atoms with van der Waals surface area (Å²) in [4.78, 5) is 0. The molecule has 4 rings (SSSR count). The molecule has 1 nitrogen and oxygen atoms in total. The fourth-order valence-corrected chi connectivity index (χ4v) is 4.09. The Hall–Kier alpha value is -3.53. The van der Waals surface area contributed by atoms with Crippen molar-refractivity contribution in [3.63, 3.8) is 0 Å².